The van der Waals surface area contributed by atoms with Crippen molar-refractivity contribution in [1.82, 2.24) is 4.90 Å². The molecule has 0 saturated carbocycles. The fourth-order valence-electron chi connectivity index (χ4n) is 2.53. The zero-order valence-corrected chi connectivity index (χ0v) is 14.2. The topological polar surface area (TPSA) is 58.6 Å². The third-order valence-corrected chi connectivity index (χ3v) is 3.84. The fourth-order valence-corrected chi connectivity index (χ4v) is 2.53. The van der Waals surface area contributed by atoms with Crippen LogP contribution < -0.4 is 5.32 Å². The Morgan fingerprint density at radius 1 is 1.08 bits per heavy atom. The van der Waals surface area contributed by atoms with Crippen molar-refractivity contribution in [3.05, 3.63) is 65.7 Å². The number of carbonyl (C=O) groups excluding carboxylic acids is 2. The Balaban J connectivity index is 2.12. The monoisotopic (exact) mass is 326 g/mol. The van der Waals surface area contributed by atoms with Crippen molar-refractivity contribution in [2.45, 2.75) is 12.8 Å². The largest absolute Gasteiger partial charge is 0.453 e. The Labute approximate surface area is 142 Å². The standard InChI is InChI=1S/C19H22N2O3/c1-14(15-9-5-4-6-10-15)13-21(2)18(22)16-11-7-8-12-17(16)20-19(23)24-3/h4-12,14H,13H2,1-3H3,(H,20,23). The second-order valence-electron chi connectivity index (χ2n) is 5.66. The number of hydrogen-bond donors (Lipinski definition) is 1. The summed E-state index contributed by atoms with van der Waals surface area (Å²) in [6.45, 7) is 2.66. The number of hydrogen-bond acceptors (Lipinski definition) is 3. The minimum absolute atomic E-state index is 0.148. The Morgan fingerprint density at radius 3 is 2.38 bits per heavy atom. The van der Waals surface area contributed by atoms with Gasteiger partial charge in [-0.2, -0.15) is 0 Å². The van der Waals surface area contributed by atoms with Gasteiger partial charge in [-0.25, -0.2) is 4.79 Å². The molecule has 0 aliphatic heterocycles. The average molecular weight is 326 g/mol. The molecule has 2 amide bonds. The third kappa shape index (κ3) is 4.35. The van der Waals surface area contributed by atoms with Gasteiger partial charge in [-0.05, 0) is 23.6 Å². The van der Waals surface area contributed by atoms with Crippen LogP contribution in [0.15, 0.2) is 54.6 Å². The molecule has 2 rings (SSSR count). The summed E-state index contributed by atoms with van der Waals surface area (Å²) in [5, 5.41) is 2.57. The quantitative estimate of drug-likeness (QED) is 0.910. The van der Waals surface area contributed by atoms with Crippen LogP contribution in [0.25, 0.3) is 0 Å². The Bertz CT molecular complexity index is 701. The van der Waals surface area contributed by atoms with Gasteiger partial charge >= 0.3 is 6.09 Å². The first kappa shape index (κ1) is 17.5. The van der Waals surface area contributed by atoms with Gasteiger partial charge in [0.25, 0.3) is 5.91 Å². The predicted octanol–water partition coefficient (Wildman–Crippen LogP) is 3.74. The van der Waals surface area contributed by atoms with Gasteiger partial charge in [0.2, 0.25) is 0 Å². The van der Waals surface area contributed by atoms with Crippen LogP contribution in [0.4, 0.5) is 10.5 Å². The molecule has 2 aromatic carbocycles. The van der Waals surface area contributed by atoms with Gasteiger partial charge in [0, 0.05) is 13.6 Å². The van der Waals surface area contributed by atoms with E-state index in [1.54, 1.807) is 36.2 Å². The van der Waals surface area contributed by atoms with Gasteiger partial charge in [-0.1, -0.05) is 49.4 Å². The summed E-state index contributed by atoms with van der Waals surface area (Å²) in [6, 6.07) is 17.0. The van der Waals surface area contributed by atoms with Crippen LogP contribution >= 0.6 is 0 Å². The van der Waals surface area contributed by atoms with Gasteiger partial charge in [-0.15, -0.1) is 0 Å². The summed E-state index contributed by atoms with van der Waals surface area (Å²) in [5.41, 5.74) is 2.05. The van der Waals surface area contributed by atoms with E-state index >= 15 is 0 Å². The molecule has 0 saturated heterocycles. The number of likely N-dealkylation sites (N-methyl/N-ethyl adjacent to an activating group) is 1. The number of ether oxygens (including phenoxy) is 1. The number of methoxy groups -OCH3 is 1. The van der Waals surface area contributed by atoms with Gasteiger partial charge < -0.3 is 9.64 Å². The molecule has 5 nitrogen and oxygen atoms in total. The van der Waals surface area contributed by atoms with E-state index in [4.69, 9.17) is 0 Å². The molecule has 1 atom stereocenters. The van der Waals surface area contributed by atoms with E-state index in [1.165, 1.54) is 12.7 Å². The molecular formula is C19H22N2O3. The number of nitrogens with zero attached hydrogens (tertiary/aromatic N) is 1. The fraction of sp³-hybridized carbons (Fsp3) is 0.263. The Kier molecular flexibility index (Phi) is 5.95. The van der Waals surface area contributed by atoms with Crippen molar-refractivity contribution < 1.29 is 14.3 Å². The van der Waals surface area contributed by atoms with Crippen LogP contribution in [0, 0.1) is 0 Å². The molecular weight excluding hydrogens is 304 g/mol. The van der Waals surface area contributed by atoms with E-state index in [2.05, 4.69) is 29.1 Å². The van der Waals surface area contributed by atoms with E-state index in [0.29, 0.717) is 17.8 Å². The maximum absolute atomic E-state index is 12.7. The van der Waals surface area contributed by atoms with E-state index in [0.717, 1.165) is 0 Å². The molecule has 0 aliphatic rings. The van der Waals surface area contributed by atoms with Crippen molar-refractivity contribution in [3.63, 3.8) is 0 Å². The zero-order valence-electron chi connectivity index (χ0n) is 14.2. The van der Waals surface area contributed by atoms with E-state index in [-0.39, 0.29) is 11.8 Å². The van der Waals surface area contributed by atoms with Crippen LogP contribution in [-0.4, -0.2) is 37.6 Å². The molecule has 0 bridgehead atoms. The first-order chi connectivity index (χ1) is 11.5. The van der Waals surface area contributed by atoms with Crippen molar-refractivity contribution in [2.75, 3.05) is 26.0 Å². The summed E-state index contributed by atoms with van der Waals surface area (Å²) in [6.07, 6.45) is -0.601. The van der Waals surface area contributed by atoms with Crippen LogP contribution in [0.2, 0.25) is 0 Å². The molecule has 24 heavy (non-hydrogen) atoms. The smallest absolute Gasteiger partial charge is 0.411 e. The Morgan fingerprint density at radius 2 is 1.71 bits per heavy atom. The number of amides is 2. The molecule has 1 unspecified atom stereocenters. The number of rotatable bonds is 5. The third-order valence-electron chi connectivity index (χ3n) is 3.84. The summed E-state index contributed by atoms with van der Waals surface area (Å²) in [5.74, 6) is 0.0608. The first-order valence-corrected chi connectivity index (χ1v) is 7.77. The van der Waals surface area contributed by atoms with Crippen molar-refractivity contribution in [2.24, 2.45) is 0 Å². The van der Waals surface area contributed by atoms with Crippen molar-refractivity contribution >= 4 is 17.7 Å². The lowest BCUT2D eigenvalue weighted by Crippen LogP contribution is -2.31. The maximum atomic E-state index is 12.7. The number of para-hydroxylation sites is 1. The number of nitrogens with one attached hydrogen (secondary N) is 1. The van der Waals surface area contributed by atoms with E-state index in [1.807, 2.05) is 18.2 Å². The molecule has 2 aromatic rings. The van der Waals surface area contributed by atoms with Gasteiger partial charge in [0.15, 0.2) is 0 Å². The van der Waals surface area contributed by atoms with Crippen LogP contribution in [0.3, 0.4) is 0 Å². The minimum Gasteiger partial charge on any atom is -0.453 e. The van der Waals surface area contributed by atoms with Crippen molar-refractivity contribution in [1.29, 1.82) is 0 Å². The molecule has 0 fully saturated rings. The zero-order chi connectivity index (χ0) is 17.5. The summed E-state index contributed by atoms with van der Waals surface area (Å²) < 4.78 is 4.60. The number of anilines is 1. The number of benzene rings is 2. The predicted molar refractivity (Wildman–Crippen MR) is 94.3 cm³/mol. The van der Waals surface area contributed by atoms with Gasteiger partial charge in [0.05, 0.1) is 18.4 Å². The normalized spacial score (nSPS) is 11.5. The lowest BCUT2D eigenvalue weighted by Gasteiger charge is -2.23. The Hall–Kier alpha value is -2.82. The van der Waals surface area contributed by atoms with Crippen LogP contribution in [-0.2, 0) is 4.74 Å². The summed E-state index contributed by atoms with van der Waals surface area (Å²) >= 11 is 0. The molecule has 0 spiro atoms. The SMILES string of the molecule is COC(=O)Nc1ccccc1C(=O)N(C)CC(C)c1ccccc1. The summed E-state index contributed by atoms with van der Waals surface area (Å²) in [7, 11) is 3.05. The highest BCUT2D eigenvalue weighted by molar-refractivity contribution is 6.02. The van der Waals surface area contributed by atoms with Crippen LogP contribution in [0.1, 0.15) is 28.8 Å². The molecule has 0 aromatic heterocycles. The molecule has 126 valence electrons. The average Bonchev–Trinajstić information content (AvgIpc) is 2.62. The lowest BCUT2D eigenvalue weighted by atomic mass is 10.0. The molecule has 0 heterocycles. The van der Waals surface area contributed by atoms with E-state index in [9.17, 15) is 9.59 Å². The minimum atomic E-state index is -0.601. The highest BCUT2D eigenvalue weighted by Crippen LogP contribution is 2.20. The second-order valence-corrected chi connectivity index (χ2v) is 5.66. The van der Waals surface area contributed by atoms with E-state index < -0.39 is 6.09 Å². The lowest BCUT2D eigenvalue weighted by molar-refractivity contribution is 0.0789. The number of carbonyl (C=O) groups is 2. The van der Waals surface area contributed by atoms with Crippen LogP contribution in [0.5, 0.6) is 0 Å². The highest BCUT2D eigenvalue weighted by Gasteiger charge is 2.19. The first-order valence-electron chi connectivity index (χ1n) is 7.77. The molecule has 0 aliphatic carbocycles. The molecule has 1 N–H and O–H groups in total. The highest BCUT2D eigenvalue weighted by atomic mass is 16.5. The molecule has 0 radical (unpaired) electrons. The maximum Gasteiger partial charge on any atom is 0.411 e. The second kappa shape index (κ2) is 8.15. The van der Waals surface area contributed by atoms with Gasteiger partial charge in [0.1, 0.15) is 0 Å². The van der Waals surface area contributed by atoms with Gasteiger partial charge in [-0.3, -0.25) is 10.1 Å². The molecule has 5 heteroatoms. The van der Waals surface area contributed by atoms with Crippen molar-refractivity contribution in [3.8, 4) is 0 Å². The summed E-state index contributed by atoms with van der Waals surface area (Å²) in [4.78, 5) is 25.8.